The molecule has 4 nitrogen and oxygen atoms in total. The van der Waals surface area contributed by atoms with Crippen LogP contribution in [0, 0.1) is 5.82 Å². The van der Waals surface area contributed by atoms with Gasteiger partial charge in [0.25, 0.3) is 5.91 Å². The Balaban J connectivity index is 2.01. The standard InChI is InChI=1S/C16H17FN2O2/c1-10(20)19-9-14(13-7-6-11(17)8-15(13)19)16(21)18-12-4-2-3-5-12/h6-9,12H,2-5H2,1H3,(H,18,21). The molecule has 1 amide bonds. The van der Waals surface area contributed by atoms with Crippen molar-refractivity contribution in [1.82, 2.24) is 9.88 Å². The van der Waals surface area contributed by atoms with Crippen LogP contribution < -0.4 is 5.32 Å². The Morgan fingerprint density at radius 3 is 2.67 bits per heavy atom. The van der Waals surface area contributed by atoms with Gasteiger partial charge in [0.2, 0.25) is 5.91 Å². The molecule has 1 heterocycles. The summed E-state index contributed by atoms with van der Waals surface area (Å²) in [6.07, 6.45) is 5.74. The van der Waals surface area contributed by atoms with Gasteiger partial charge in [-0.2, -0.15) is 0 Å². The van der Waals surface area contributed by atoms with Gasteiger partial charge in [-0.25, -0.2) is 4.39 Å². The van der Waals surface area contributed by atoms with Gasteiger partial charge in [0.05, 0.1) is 11.1 Å². The lowest BCUT2D eigenvalue weighted by Gasteiger charge is -2.11. The van der Waals surface area contributed by atoms with E-state index in [0.29, 0.717) is 16.5 Å². The van der Waals surface area contributed by atoms with E-state index in [9.17, 15) is 14.0 Å². The molecule has 0 bridgehead atoms. The van der Waals surface area contributed by atoms with Crippen molar-refractivity contribution in [2.24, 2.45) is 0 Å². The van der Waals surface area contributed by atoms with E-state index in [1.165, 1.54) is 29.8 Å². The molecule has 0 saturated heterocycles. The van der Waals surface area contributed by atoms with Crippen molar-refractivity contribution in [1.29, 1.82) is 0 Å². The van der Waals surface area contributed by atoms with Crippen LogP contribution in [0.2, 0.25) is 0 Å². The Bertz CT molecular complexity index is 714. The number of amides is 1. The topological polar surface area (TPSA) is 51.1 Å². The second-order valence-corrected chi connectivity index (χ2v) is 5.55. The third kappa shape index (κ3) is 2.55. The van der Waals surface area contributed by atoms with Gasteiger partial charge in [-0.3, -0.25) is 14.2 Å². The SMILES string of the molecule is CC(=O)n1cc(C(=O)NC2CCCC2)c2ccc(F)cc21. The number of hydrogen-bond donors (Lipinski definition) is 1. The minimum atomic E-state index is -0.425. The van der Waals surface area contributed by atoms with Gasteiger partial charge in [0.15, 0.2) is 0 Å². The van der Waals surface area contributed by atoms with E-state index in [-0.39, 0.29) is 17.9 Å². The Hall–Kier alpha value is -2.17. The number of carbonyl (C=O) groups excluding carboxylic acids is 2. The second kappa shape index (κ2) is 5.31. The van der Waals surface area contributed by atoms with Crippen molar-refractivity contribution in [2.45, 2.75) is 38.6 Å². The van der Waals surface area contributed by atoms with Gasteiger partial charge in [0, 0.05) is 24.5 Å². The maximum absolute atomic E-state index is 13.4. The summed E-state index contributed by atoms with van der Waals surface area (Å²) in [4.78, 5) is 24.1. The van der Waals surface area contributed by atoms with Crippen LogP contribution in [-0.4, -0.2) is 22.4 Å². The van der Waals surface area contributed by atoms with Crippen molar-refractivity contribution in [2.75, 3.05) is 0 Å². The molecule has 0 aliphatic heterocycles. The second-order valence-electron chi connectivity index (χ2n) is 5.55. The maximum Gasteiger partial charge on any atom is 0.253 e. The molecule has 110 valence electrons. The van der Waals surface area contributed by atoms with Crippen LogP contribution in [0.5, 0.6) is 0 Å². The lowest BCUT2D eigenvalue weighted by Crippen LogP contribution is -2.32. The molecule has 5 heteroatoms. The number of benzene rings is 1. The molecule has 1 fully saturated rings. The lowest BCUT2D eigenvalue weighted by atomic mass is 10.1. The number of halogens is 1. The highest BCUT2D eigenvalue weighted by molar-refractivity contribution is 6.09. The van der Waals surface area contributed by atoms with Crippen molar-refractivity contribution in [3.63, 3.8) is 0 Å². The molecule has 1 saturated carbocycles. The van der Waals surface area contributed by atoms with Crippen LogP contribution in [0.25, 0.3) is 10.9 Å². The fourth-order valence-electron chi connectivity index (χ4n) is 2.97. The summed E-state index contributed by atoms with van der Waals surface area (Å²) in [7, 11) is 0. The minimum Gasteiger partial charge on any atom is -0.349 e. The third-order valence-electron chi connectivity index (χ3n) is 4.04. The largest absolute Gasteiger partial charge is 0.349 e. The molecular weight excluding hydrogens is 271 g/mol. The molecule has 1 aromatic heterocycles. The van der Waals surface area contributed by atoms with Crippen LogP contribution in [-0.2, 0) is 0 Å². The summed E-state index contributed by atoms with van der Waals surface area (Å²) >= 11 is 0. The highest BCUT2D eigenvalue weighted by atomic mass is 19.1. The van der Waals surface area contributed by atoms with Gasteiger partial charge in [-0.05, 0) is 31.0 Å². The van der Waals surface area contributed by atoms with Crippen LogP contribution in [0.1, 0.15) is 47.8 Å². The van der Waals surface area contributed by atoms with E-state index in [1.54, 1.807) is 6.07 Å². The fraction of sp³-hybridized carbons (Fsp3) is 0.375. The first-order valence-corrected chi connectivity index (χ1v) is 7.18. The molecule has 1 aromatic carbocycles. The van der Waals surface area contributed by atoms with Gasteiger partial charge in [0.1, 0.15) is 5.82 Å². The monoisotopic (exact) mass is 288 g/mol. The van der Waals surface area contributed by atoms with Crippen molar-refractivity contribution in [3.8, 4) is 0 Å². The number of fused-ring (bicyclic) bond motifs is 1. The zero-order valence-electron chi connectivity index (χ0n) is 11.9. The highest BCUT2D eigenvalue weighted by Gasteiger charge is 2.21. The van der Waals surface area contributed by atoms with E-state index < -0.39 is 5.82 Å². The van der Waals surface area contributed by atoms with E-state index >= 15 is 0 Å². The molecule has 0 radical (unpaired) electrons. The number of nitrogens with zero attached hydrogens (tertiary/aromatic N) is 1. The minimum absolute atomic E-state index is 0.196. The zero-order chi connectivity index (χ0) is 15.0. The van der Waals surface area contributed by atoms with Gasteiger partial charge < -0.3 is 5.32 Å². The van der Waals surface area contributed by atoms with Gasteiger partial charge >= 0.3 is 0 Å². The summed E-state index contributed by atoms with van der Waals surface area (Å²) in [5.41, 5.74) is 0.853. The molecule has 1 N–H and O–H groups in total. The average molecular weight is 288 g/mol. The first-order chi connectivity index (χ1) is 10.1. The number of nitrogens with one attached hydrogen (secondary N) is 1. The number of aromatic nitrogens is 1. The lowest BCUT2D eigenvalue weighted by molar-refractivity contribution is 0.0939. The summed E-state index contributed by atoms with van der Waals surface area (Å²) in [5, 5.41) is 3.60. The third-order valence-corrected chi connectivity index (χ3v) is 4.04. The average Bonchev–Trinajstić information content (AvgIpc) is 3.05. The number of carbonyl (C=O) groups is 2. The van der Waals surface area contributed by atoms with Crippen molar-refractivity contribution >= 4 is 22.7 Å². The van der Waals surface area contributed by atoms with Crippen LogP contribution in [0.15, 0.2) is 24.4 Å². The van der Waals surface area contributed by atoms with E-state index in [2.05, 4.69) is 5.32 Å². The van der Waals surface area contributed by atoms with Gasteiger partial charge in [-0.1, -0.05) is 12.8 Å². The first kappa shape index (κ1) is 13.8. The zero-order valence-corrected chi connectivity index (χ0v) is 11.9. The maximum atomic E-state index is 13.4. The number of hydrogen-bond acceptors (Lipinski definition) is 2. The van der Waals surface area contributed by atoms with E-state index in [4.69, 9.17) is 0 Å². The summed E-state index contributed by atoms with van der Waals surface area (Å²) in [5.74, 6) is -0.866. The van der Waals surface area contributed by atoms with E-state index in [0.717, 1.165) is 25.7 Å². The highest BCUT2D eigenvalue weighted by Crippen LogP contribution is 2.24. The molecule has 0 atom stereocenters. The smallest absolute Gasteiger partial charge is 0.253 e. The van der Waals surface area contributed by atoms with Crippen LogP contribution in [0.4, 0.5) is 4.39 Å². The van der Waals surface area contributed by atoms with E-state index in [1.807, 2.05) is 0 Å². The molecule has 2 aromatic rings. The fourth-order valence-corrected chi connectivity index (χ4v) is 2.97. The van der Waals surface area contributed by atoms with Crippen molar-refractivity contribution in [3.05, 3.63) is 35.8 Å². The summed E-state index contributed by atoms with van der Waals surface area (Å²) in [6, 6.07) is 4.34. The summed E-state index contributed by atoms with van der Waals surface area (Å²) < 4.78 is 14.7. The van der Waals surface area contributed by atoms with Gasteiger partial charge in [-0.15, -0.1) is 0 Å². The van der Waals surface area contributed by atoms with Crippen LogP contribution in [0.3, 0.4) is 0 Å². The molecule has 0 unspecified atom stereocenters. The normalized spacial score (nSPS) is 15.5. The molecular formula is C16H17FN2O2. The molecule has 21 heavy (non-hydrogen) atoms. The Morgan fingerprint density at radius 1 is 1.29 bits per heavy atom. The molecule has 0 spiro atoms. The Kier molecular flexibility index (Phi) is 3.49. The molecule has 1 aliphatic carbocycles. The Morgan fingerprint density at radius 2 is 2.00 bits per heavy atom. The Labute approximate surface area is 121 Å². The van der Waals surface area contributed by atoms with Crippen LogP contribution >= 0.6 is 0 Å². The predicted octanol–water partition coefficient (Wildman–Crippen LogP) is 3.11. The quantitative estimate of drug-likeness (QED) is 0.923. The molecule has 1 aliphatic rings. The molecule has 3 rings (SSSR count). The summed E-state index contributed by atoms with van der Waals surface area (Å²) in [6.45, 7) is 1.39. The van der Waals surface area contributed by atoms with Crippen molar-refractivity contribution < 1.29 is 14.0 Å². The number of rotatable bonds is 2. The predicted molar refractivity (Wildman–Crippen MR) is 77.9 cm³/mol. The first-order valence-electron chi connectivity index (χ1n) is 7.18.